The number of hydrogen-bond acceptors (Lipinski definition) is 4. The number of hydrogen-bond donors (Lipinski definition) is 1. The lowest BCUT2D eigenvalue weighted by Gasteiger charge is -2.22. The minimum absolute atomic E-state index is 0. The van der Waals surface area contributed by atoms with Gasteiger partial charge >= 0.3 is 0 Å². The van der Waals surface area contributed by atoms with Gasteiger partial charge in [0.2, 0.25) is 5.91 Å². The molecular formula is C18H26ClN3O2. The number of carbonyl (C=O) groups is 1. The van der Waals surface area contributed by atoms with Crippen molar-refractivity contribution < 1.29 is 9.32 Å². The molecule has 0 saturated carbocycles. The number of halogens is 1. The van der Waals surface area contributed by atoms with Crippen molar-refractivity contribution in [3.63, 3.8) is 0 Å². The van der Waals surface area contributed by atoms with E-state index in [1.165, 1.54) is 5.56 Å². The molecule has 2 aromatic rings. The maximum absolute atomic E-state index is 12.5. The number of nitrogens with zero attached hydrogens (tertiary/aromatic N) is 2. The summed E-state index contributed by atoms with van der Waals surface area (Å²) < 4.78 is 5.15. The average molecular weight is 352 g/mol. The average Bonchev–Trinajstić information content (AvgIpc) is 2.88. The lowest BCUT2D eigenvalue weighted by Crippen LogP contribution is -2.37. The van der Waals surface area contributed by atoms with Crippen LogP contribution in [-0.4, -0.2) is 35.6 Å². The second kappa shape index (κ2) is 10.1. The first kappa shape index (κ1) is 20.2. The molecule has 0 aliphatic heterocycles. The Morgan fingerprint density at radius 1 is 1.17 bits per heavy atom. The fraction of sp³-hybridized carbons (Fsp3) is 0.444. The Labute approximate surface area is 149 Å². The zero-order valence-corrected chi connectivity index (χ0v) is 15.1. The molecule has 1 aromatic carbocycles. The van der Waals surface area contributed by atoms with E-state index < -0.39 is 0 Å². The van der Waals surface area contributed by atoms with Crippen LogP contribution < -0.4 is 5.73 Å². The SMILES string of the molecule is Cc1noc(C)c1CCC(=O)N(CCN)CCc1ccccc1.Cl. The smallest absolute Gasteiger partial charge is 0.222 e. The van der Waals surface area contributed by atoms with E-state index in [0.717, 1.165) is 23.4 Å². The van der Waals surface area contributed by atoms with Crippen molar-refractivity contribution >= 4 is 18.3 Å². The first-order valence-electron chi connectivity index (χ1n) is 8.05. The highest BCUT2D eigenvalue weighted by Gasteiger charge is 2.16. The number of aromatic nitrogens is 1. The van der Waals surface area contributed by atoms with Gasteiger partial charge in [-0.1, -0.05) is 35.5 Å². The predicted molar refractivity (Wildman–Crippen MR) is 97.3 cm³/mol. The second-order valence-electron chi connectivity index (χ2n) is 5.71. The van der Waals surface area contributed by atoms with Crippen molar-refractivity contribution in [3.8, 4) is 0 Å². The van der Waals surface area contributed by atoms with Crippen LogP contribution in [0.2, 0.25) is 0 Å². The topological polar surface area (TPSA) is 72.4 Å². The Morgan fingerprint density at radius 3 is 2.46 bits per heavy atom. The maximum atomic E-state index is 12.5. The molecule has 0 fully saturated rings. The van der Waals surface area contributed by atoms with Gasteiger partial charge in [-0.25, -0.2) is 0 Å². The van der Waals surface area contributed by atoms with Crippen LogP contribution in [0, 0.1) is 13.8 Å². The van der Waals surface area contributed by atoms with Crippen LogP contribution in [-0.2, 0) is 17.6 Å². The lowest BCUT2D eigenvalue weighted by atomic mass is 10.1. The van der Waals surface area contributed by atoms with Gasteiger partial charge < -0.3 is 15.2 Å². The Morgan fingerprint density at radius 2 is 1.88 bits per heavy atom. The van der Waals surface area contributed by atoms with Gasteiger partial charge in [0.15, 0.2) is 0 Å². The summed E-state index contributed by atoms with van der Waals surface area (Å²) in [7, 11) is 0. The van der Waals surface area contributed by atoms with Gasteiger partial charge in [0.1, 0.15) is 5.76 Å². The highest BCUT2D eigenvalue weighted by atomic mass is 35.5. The van der Waals surface area contributed by atoms with Gasteiger partial charge in [0.25, 0.3) is 0 Å². The molecule has 0 unspecified atom stereocenters. The van der Waals surface area contributed by atoms with Crippen LogP contribution >= 0.6 is 12.4 Å². The molecule has 0 aliphatic rings. The van der Waals surface area contributed by atoms with E-state index in [2.05, 4.69) is 17.3 Å². The molecular weight excluding hydrogens is 326 g/mol. The molecule has 1 aromatic heterocycles. The van der Waals surface area contributed by atoms with Crippen LogP contribution in [0.3, 0.4) is 0 Å². The van der Waals surface area contributed by atoms with E-state index in [1.54, 1.807) is 0 Å². The van der Waals surface area contributed by atoms with Gasteiger partial charge in [0, 0.05) is 31.6 Å². The van der Waals surface area contributed by atoms with Crippen molar-refractivity contribution in [1.29, 1.82) is 0 Å². The molecule has 24 heavy (non-hydrogen) atoms. The fourth-order valence-corrected chi connectivity index (χ4v) is 2.67. The van der Waals surface area contributed by atoms with E-state index in [-0.39, 0.29) is 18.3 Å². The summed E-state index contributed by atoms with van der Waals surface area (Å²) in [6, 6.07) is 10.2. The van der Waals surface area contributed by atoms with Crippen molar-refractivity contribution in [1.82, 2.24) is 10.1 Å². The van der Waals surface area contributed by atoms with Crippen LogP contribution in [0.4, 0.5) is 0 Å². The largest absolute Gasteiger partial charge is 0.361 e. The first-order chi connectivity index (χ1) is 11.1. The fourth-order valence-electron chi connectivity index (χ4n) is 2.67. The van der Waals surface area contributed by atoms with Crippen LogP contribution in [0.5, 0.6) is 0 Å². The molecule has 5 nitrogen and oxygen atoms in total. The van der Waals surface area contributed by atoms with E-state index in [9.17, 15) is 4.79 Å². The van der Waals surface area contributed by atoms with E-state index >= 15 is 0 Å². The molecule has 0 atom stereocenters. The van der Waals surface area contributed by atoms with Crippen molar-refractivity contribution in [2.45, 2.75) is 33.1 Å². The minimum atomic E-state index is 0. The van der Waals surface area contributed by atoms with Gasteiger partial charge in [0.05, 0.1) is 5.69 Å². The minimum Gasteiger partial charge on any atom is -0.361 e. The maximum Gasteiger partial charge on any atom is 0.222 e. The second-order valence-corrected chi connectivity index (χ2v) is 5.71. The molecule has 1 heterocycles. The molecule has 0 radical (unpaired) electrons. The summed E-state index contributed by atoms with van der Waals surface area (Å²) in [6.07, 6.45) is 1.96. The quantitative estimate of drug-likeness (QED) is 0.793. The summed E-state index contributed by atoms with van der Waals surface area (Å²) in [4.78, 5) is 14.3. The Hall–Kier alpha value is -1.85. The van der Waals surface area contributed by atoms with Crippen molar-refractivity contribution in [3.05, 3.63) is 52.9 Å². The van der Waals surface area contributed by atoms with E-state index in [1.807, 2.05) is 36.9 Å². The standard InChI is InChI=1S/C18H25N3O2.ClH/c1-14-17(15(2)23-20-14)8-9-18(22)21(13-11-19)12-10-16-6-4-3-5-7-16;/h3-7H,8-13,19H2,1-2H3;1H. The molecule has 2 rings (SSSR count). The number of aryl methyl sites for hydroxylation is 2. The summed E-state index contributed by atoms with van der Waals surface area (Å²) in [5, 5.41) is 3.93. The van der Waals surface area contributed by atoms with Crippen molar-refractivity contribution in [2.24, 2.45) is 5.73 Å². The number of nitrogens with two attached hydrogens (primary N) is 1. The normalized spacial score (nSPS) is 10.3. The molecule has 132 valence electrons. The third-order valence-electron chi connectivity index (χ3n) is 4.04. The highest BCUT2D eigenvalue weighted by Crippen LogP contribution is 2.15. The Balaban J connectivity index is 0.00000288. The number of carbonyl (C=O) groups excluding carboxylic acids is 1. The third-order valence-corrected chi connectivity index (χ3v) is 4.04. The van der Waals surface area contributed by atoms with Gasteiger partial charge in [-0.2, -0.15) is 0 Å². The molecule has 2 N–H and O–H groups in total. The zero-order valence-electron chi connectivity index (χ0n) is 14.3. The first-order valence-corrected chi connectivity index (χ1v) is 8.05. The third kappa shape index (κ3) is 5.65. The summed E-state index contributed by atoms with van der Waals surface area (Å²) in [5.74, 6) is 0.927. The van der Waals surface area contributed by atoms with Crippen LogP contribution in [0.15, 0.2) is 34.9 Å². The summed E-state index contributed by atoms with van der Waals surface area (Å²) in [6.45, 7) is 5.55. The lowest BCUT2D eigenvalue weighted by molar-refractivity contribution is -0.131. The van der Waals surface area contributed by atoms with E-state index in [4.69, 9.17) is 10.3 Å². The Bertz CT molecular complexity index is 609. The van der Waals surface area contributed by atoms with Gasteiger partial charge in [-0.3, -0.25) is 4.79 Å². The van der Waals surface area contributed by atoms with Crippen LogP contribution in [0.25, 0.3) is 0 Å². The number of rotatable bonds is 8. The van der Waals surface area contributed by atoms with Crippen LogP contribution in [0.1, 0.15) is 29.0 Å². The number of amides is 1. The Kier molecular flexibility index (Phi) is 8.50. The summed E-state index contributed by atoms with van der Waals surface area (Å²) in [5.41, 5.74) is 8.79. The molecule has 1 amide bonds. The summed E-state index contributed by atoms with van der Waals surface area (Å²) >= 11 is 0. The molecule has 6 heteroatoms. The van der Waals surface area contributed by atoms with Gasteiger partial charge in [-0.05, 0) is 32.3 Å². The monoisotopic (exact) mass is 351 g/mol. The number of benzene rings is 1. The highest BCUT2D eigenvalue weighted by molar-refractivity contribution is 5.85. The molecule has 0 saturated heterocycles. The molecule has 0 spiro atoms. The van der Waals surface area contributed by atoms with E-state index in [0.29, 0.717) is 32.5 Å². The van der Waals surface area contributed by atoms with Crippen molar-refractivity contribution in [2.75, 3.05) is 19.6 Å². The molecule has 0 bridgehead atoms. The van der Waals surface area contributed by atoms with Gasteiger partial charge in [-0.15, -0.1) is 12.4 Å². The zero-order chi connectivity index (χ0) is 16.7. The predicted octanol–water partition coefficient (Wildman–Crippen LogP) is 2.68. The molecule has 0 aliphatic carbocycles.